The zero-order valence-electron chi connectivity index (χ0n) is 28.4. The van der Waals surface area contributed by atoms with Gasteiger partial charge in [0, 0.05) is 44.1 Å². The maximum absolute atomic E-state index is 15.0. The number of amides is 3. The Kier molecular flexibility index (Phi) is 10.5. The monoisotopic (exact) mass is 622 g/mol. The van der Waals surface area contributed by atoms with Gasteiger partial charge < -0.3 is 29.4 Å². The normalized spacial score (nSPS) is 29.1. The van der Waals surface area contributed by atoms with Crippen LogP contribution in [0.5, 0.6) is 0 Å². The minimum atomic E-state index is -1.21. The number of rotatable bonds is 15. The van der Waals surface area contributed by atoms with Crippen molar-refractivity contribution in [2.75, 3.05) is 49.1 Å². The minimum Gasteiger partial charge on any atom is -0.394 e. The quantitative estimate of drug-likeness (QED) is 0.290. The van der Waals surface area contributed by atoms with E-state index in [1.807, 2.05) is 52.0 Å². The maximum Gasteiger partial charge on any atom is 0.253 e. The molecular weight excluding hydrogens is 568 g/mol. The van der Waals surface area contributed by atoms with Crippen LogP contribution < -0.4 is 9.80 Å². The molecule has 3 fully saturated rings. The second kappa shape index (κ2) is 13.7. The Bertz CT molecular complexity index is 1260. The molecule has 1 spiro atoms. The van der Waals surface area contributed by atoms with Crippen LogP contribution in [-0.2, 0) is 19.1 Å². The Labute approximate surface area is 269 Å². The van der Waals surface area contributed by atoms with E-state index in [0.29, 0.717) is 25.2 Å². The molecule has 45 heavy (non-hydrogen) atoms. The molecule has 3 saturated heterocycles. The van der Waals surface area contributed by atoms with Gasteiger partial charge in [-0.2, -0.15) is 0 Å². The molecule has 0 aromatic heterocycles. The Hall–Kier alpha value is -3.17. The fourth-order valence-electron chi connectivity index (χ4n) is 8.25. The van der Waals surface area contributed by atoms with Crippen molar-refractivity contribution in [3.63, 3.8) is 0 Å². The van der Waals surface area contributed by atoms with Gasteiger partial charge in [0.25, 0.3) is 5.91 Å². The Balaban J connectivity index is 1.86. The van der Waals surface area contributed by atoms with E-state index in [1.54, 1.807) is 26.9 Å². The molecular formula is C36H54N4O5. The summed E-state index contributed by atoms with van der Waals surface area (Å²) in [6.45, 7) is 24.4. The first kappa shape index (κ1) is 34.7. The van der Waals surface area contributed by atoms with Crippen LogP contribution in [0.1, 0.15) is 61.3 Å². The third-order valence-electron chi connectivity index (χ3n) is 10.6. The SMILES string of the molecule is C=CCN(CCC)C(=O)[C@H]1[C@H]2C(=O)N([C@@H](CO)C(C)C)C(C(=O)N(CC=C)c3ccc(N(CC)CC)cc3)C23CC(C)[C@]1(C)O3. The predicted molar refractivity (Wildman–Crippen MR) is 179 cm³/mol. The number of likely N-dealkylation sites (tertiary alicyclic amines) is 1. The first-order chi connectivity index (χ1) is 21.4. The topological polar surface area (TPSA) is 93.6 Å². The minimum absolute atomic E-state index is 0.0780. The van der Waals surface area contributed by atoms with Crippen LogP contribution in [0.2, 0.25) is 0 Å². The van der Waals surface area contributed by atoms with Crippen molar-refractivity contribution in [3.8, 4) is 0 Å². The molecule has 1 aromatic carbocycles. The van der Waals surface area contributed by atoms with E-state index < -0.39 is 35.1 Å². The van der Waals surface area contributed by atoms with Crippen LogP contribution in [0.4, 0.5) is 11.4 Å². The lowest BCUT2D eigenvalue weighted by Gasteiger charge is -2.40. The largest absolute Gasteiger partial charge is 0.394 e. The van der Waals surface area contributed by atoms with Gasteiger partial charge in [-0.15, -0.1) is 13.2 Å². The summed E-state index contributed by atoms with van der Waals surface area (Å²) in [5.41, 5.74) is -0.385. The molecule has 9 nitrogen and oxygen atoms in total. The van der Waals surface area contributed by atoms with Gasteiger partial charge in [-0.05, 0) is 69.7 Å². The van der Waals surface area contributed by atoms with Crippen molar-refractivity contribution in [2.24, 2.45) is 23.7 Å². The molecule has 9 heteroatoms. The van der Waals surface area contributed by atoms with Crippen LogP contribution in [0.3, 0.4) is 0 Å². The molecule has 0 radical (unpaired) electrons. The third kappa shape index (κ3) is 5.60. The molecule has 4 rings (SSSR count). The van der Waals surface area contributed by atoms with E-state index in [0.717, 1.165) is 25.2 Å². The molecule has 3 aliphatic rings. The van der Waals surface area contributed by atoms with Crippen LogP contribution >= 0.6 is 0 Å². The summed E-state index contributed by atoms with van der Waals surface area (Å²) in [6.07, 6.45) is 4.61. The van der Waals surface area contributed by atoms with E-state index in [1.165, 1.54) is 0 Å². The van der Waals surface area contributed by atoms with E-state index in [4.69, 9.17) is 4.74 Å². The summed E-state index contributed by atoms with van der Waals surface area (Å²) >= 11 is 0. The van der Waals surface area contributed by atoms with Crippen LogP contribution in [0, 0.1) is 23.7 Å². The Morgan fingerprint density at radius 1 is 1.07 bits per heavy atom. The highest BCUT2D eigenvalue weighted by Gasteiger charge is 2.80. The first-order valence-corrected chi connectivity index (χ1v) is 16.7. The lowest BCUT2D eigenvalue weighted by molar-refractivity contribution is -0.154. The highest BCUT2D eigenvalue weighted by molar-refractivity contribution is 6.05. The van der Waals surface area contributed by atoms with Gasteiger partial charge in [0.15, 0.2) is 0 Å². The van der Waals surface area contributed by atoms with Crippen molar-refractivity contribution >= 4 is 29.1 Å². The number of carbonyl (C=O) groups excluding carboxylic acids is 3. The molecule has 3 amide bonds. The van der Waals surface area contributed by atoms with Gasteiger partial charge in [0.05, 0.1) is 30.1 Å². The average molecular weight is 623 g/mol. The van der Waals surface area contributed by atoms with Crippen molar-refractivity contribution in [3.05, 3.63) is 49.6 Å². The zero-order chi connectivity index (χ0) is 33.3. The van der Waals surface area contributed by atoms with E-state index >= 15 is 4.79 Å². The number of aliphatic hydroxyl groups is 1. The number of benzene rings is 1. The summed E-state index contributed by atoms with van der Waals surface area (Å²) in [5, 5.41) is 10.6. The molecule has 7 atom stereocenters. The number of aliphatic hydroxyl groups excluding tert-OH is 1. The van der Waals surface area contributed by atoms with E-state index in [-0.39, 0.29) is 42.7 Å². The van der Waals surface area contributed by atoms with Gasteiger partial charge in [-0.3, -0.25) is 14.4 Å². The second-order valence-corrected chi connectivity index (χ2v) is 13.4. The van der Waals surface area contributed by atoms with Gasteiger partial charge in [0.1, 0.15) is 11.6 Å². The van der Waals surface area contributed by atoms with Crippen molar-refractivity contribution in [1.29, 1.82) is 0 Å². The number of hydrogen-bond donors (Lipinski definition) is 1. The van der Waals surface area contributed by atoms with E-state index in [2.05, 4.69) is 38.8 Å². The molecule has 3 aliphatic heterocycles. The van der Waals surface area contributed by atoms with Crippen molar-refractivity contribution in [1.82, 2.24) is 9.80 Å². The summed E-state index contributed by atoms with van der Waals surface area (Å²) in [6, 6.07) is 6.23. The average Bonchev–Trinajstić information content (AvgIpc) is 3.53. The van der Waals surface area contributed by atoms with Gasteiger partial charge >= 0.3 is 0 Å². The number of carbonyl (C=O) groups is 3. The highest BCUT2D eigenvalue weighted by Crippen LogP contribution is 2.66. The molecule has 0 saturated carbocycles. The maximum atomic E-state index is 15.0. The van der Waals surface area contributed by atoms with Crippen LogP contribution in [-0.4, -0.2) is 95.2 Å². The van der Waals surface area contributed by atoms with Crippen LogP contribution in [0.15, 0.2) is 49.6 Å². The molecule has 2 bridgehead atoms. The van der Waals surface area contributed by atoms with Crippen LogP contribution in [0.25, 0.3) is 0 Å². The summed E-state index contributed by atoms with van der Waals surface area (Å²) in [4.78, 5) is 51.4. The van der Waals surface area contributed by atoms with Gasteiger partial charge in [-0.1, -0.05) is 39.8 Å². The summed E-state index contributed by atoms with van der Waals surface area (Å²) in [7, 11) is 0. The Morgan fingerprint density at radius 3 is 2.18 bits per heavy atom. The Morgan fingerprint density at radius 2 is 1.67 bits per heavy atom. The highest BCUT2D eigenvalue weighted by atomic mass is 16.5. The fraction of sp³-hybridized carbons (Fsp3) is 0.639. The molecule has 1 N–H and O–H groups in total. The number of fused-ring (bicyclic) bond motifs is 1. The molecule has 3 unspecified atom stereocenters. The molecule has 248 valence electrons. The fourth-order valence-corrected chi connectivity index (χ4v) is 8.25. The zero-order valence-corrected chi connectivity index (χ0v) is 28.4. The predicted octanol–water partition coefficient (Wildman–Crippen LogP) is 4.50. The van der Waals surface area contributed by atoms with Crippen molar-refractivity contribution < 1.29 is 24.2 Å². The van der Waals surface area contributed by atoms with E-state index in [9.17, 15) is 14.7 Å². The second-order valence-electron chi connectivity index (χ2n) is 13.4. The first-order valence-electron chi connectivity index (χ1n) is 16.7. The molecule has 1 aromatic rings. The lowest BCUT2D eigenvalue weighted by Crippen LogP contribution is -2.60. The summed E-state index contributed by atoms with van der Waals surface area (Å²) < 4.78 is 6.98. The number of anilines is 2. The summed E-state index contributed by atoms with van der Waals surface area (Å²) in [5.74, 6) is -2.53. The smallest absolute Gasteiger partial charge is 0.253 e. The van der Waals surface area contributed by atoms with Gasteiger partial charge in [-0.25, -0.2) is 0 Å². The number of ether oxygens (including phenoxy) is 1. The van der Waals surface area contributed by atoms with Crippen molar-refractivity contribution in [2.45, 2.75) is 84.6 Å². The van der Waals surface area contributed by atoms with Gasteiger partial charge in [0.2, 0.25) is 11.8 Å². The number of nitrogens with zero attached hydrogens (tertiary/aromatic N) is 4. The lowest BCUT2D eigenvalue weighted by atomic mass is 9.62. The number of hydrogen-bond acceptors (Lipinski definition) is 6. The standard InChI is InChI=1S/C36H54N4O5/c1-10-19-38(20-11-2)32(42)29-30-33(43)40(28(23-41)24(6)7)31(36(30)22-25(8)35(29,9)45-36)34(44)39(21-12-3)27-17-15-26(16-18-27)37(13-4)14-5/h10,12,15-18,24-25,28-31,41H,1,3,11,13-14,19-23H2,2,4-9H3/t25?,28-,29+,30-,31?,35-,36?/m0/s1. The molecule has 3 heterocycles. The third-order valence-corrected chi connectivity index (χ3v) is 10.6. The molecule has 0 aliphatic carbocycles.